The zero-order valence-electron chi connectivity index (χ0n) is 12.0. The average Bonchev–Trinajstić information content (AvgIpc) is 2.82. The summed E-state index contributed by atoms with van der Waals surface area (Å²) in [5.41, 5.74) is 2.67. The van der Waals surface area contributed by atoms with Crippen LogP contribution >= 0.6 is 0 Å². The molecule has 2 fully saturated rings. The highest BCUT2D eigenvalue weighted by molar-refractivity contribution is 5.90. The predicted octanol–water partition coefficient (Wildman–Crippen LogP) is -0.919. The number of hydrogen-bond donors (Lipinski definition) is 4. The number of rotatable bonds is 4. The molecule has 1 aliphatic carbocycles. The zero-order chi connectivity index (χ0) is 15.3. The molecule has 2 rings (SSSR count). The molecule has 0 aromatic carbocycles. The lowest BCUT2D eigenvalue weighted by molar-refractivity contribution is -0.176. The van der Waals surface area contributed by atoms with Crippen molar-refractivity contribution in [2.45, 2.75) is 44.4 Å². The first-order valence-corrected chi connectivity index (χ1v) is 6.69. The van der Waals surface area contributed by atoms with Crippen LogP contribution in [-0.2, 0) is 14.3 Å². The Balaban J connectivity index is 2.08. The lowest BCUT2D eigenvalue weighted by Gasteiger charge is -2.60. The smallest absolute Gasteiger partial charge is 0.337 e. The Morgan fingerprint density at radius 3 is 2.65 bits per heavy atom. The van der Waals surface area contributed by atoms with Crippen molar-refractivity contribution in [1.82, 2.24) is 5.32 Å². The van der Waals surface area contributed by atoms with Gasteiger partial charge in [0.25, 0.3) is 0 Å². The summed E-state index contributed by atoms with van der Waals surface area (Å²) in [7, 11) is 0. The van der Waals surface area contributed by atoms with Gasteiger partial charge in [-0.05, 0) is 13.3 Å². The summed E-state index contributed by atoms with van der Waals surface area (Å²) < 4.78 is 5.59. The maximum atomic E-state index is 12.4. The number of aliphatic carboxylic acids is 1. The van der Waals surface area contributed by atoms with Gasteiger partial charge in [0, 0.05) is 17.9 Å². The fourth-order valence-corrected chi connectivity index (χ4v) is 3.32. The van der Waals surface area contributed by atoms with Crippen molar-refractivity contribution in [3.8, 4) is 0 Å². The fraction of sp³-hybridized carbons (Fsp3) is 0.846. The molecule has 0 aromatic heterocycles. The quantitative estimate of drug-likeness (QED) is 0.530. The molecule has 7 nitrogen and oxygen atoms in total. The van der Waals surface area contributed by atoms with Gasteiger partial charge in [-0.15, -0.1) is 0 Å². The number of carboxylic acids is 1. The second-order valence-electron chi connectivity index (χ2n) is 6.54. The molecule has 4 atom stereocenters. The van der Waals surface area contributed by atoms with E-state index in [1.54, 1.807) is 0 Å². The van der Waals surface area contributed by atoms with Crippen molar-refractivity contribution in [2.24, 2.45) is 17.1 Å². The predicted molar refractivity (Wildman–Crippen MR) is 69.8 cm³/mol. The number of amides is 1. The molecule has 4 unspecified atom stereocenters. The van der Waals surface area contributed by atoms with Gasteiger partial charge in [0.1, 0.15) is 5.54 Å². The number of carbonyl (C=O) groups excluding carboxylic acids is 1. The molecular formula is C13H22N2O5. The second-order valence-corrected chi connectivity index (χ2v) is 6.54. The Hall–Kier alpha value is -1.18. The van der Waals surface area contributed by atoms with E-state index in [1.807, 2.05) is 13.8 Å². The molecule has 7 heteroatoms. The van der Waals surface area contributed by atoms with Crippen LogP contribution < -0.4 is 11.1 Å². The molecule has 0 aromatic rings. The van der Waals surface area contributed by atoms with Gasteiger partial charge in [-0.2, -0.15) is 0 Å². The summed E-state index contributed by atoms with van der Waals surface area (Å²) in [6, 6.07) is 0. The van der Waals surface area contributed by atoms with Crippen molar-refractivity contribution in [2.75, 3.05) is 13.2 Å². The normalized spacial score (nSPS) is 37.5. The number of nitrogens with two attached hydrogens (primary N) is 1. The highest BCUT2D eigenvalue weighted by atomic mass is 16.5. The van der Waals surface area contributed by atoms with Crippen LogP contribution in [0.4, 0.5) is 0 Å². The van der Waals surface area contributed by atoms with Crippen LogP contribution in [0.5, 0.6) is 0 Å². The van der Waals surface area contributed by atoms with E-state index in [4.69, 9.17) is 15.6 Å². The Morgan fingerprint density at radius 2 is 2.10 bits per heavy atom. The van der Waals surface area contributed by atoms with Crippen molar-refractivity contribution in [1.29, 1.82) is 0 Å². The first-order valence-electron chi connectivity index (χ1n) is 6.69. The third-order valence-corrected chi connectivity index (χ3v) is 4.88. The first-order chi connectivity index (χ1) is 9.05. The van der Waals surface area contributed by atoms with Crippen LogP contribution in [-0.4, -0.2) is 52.5 Å². The lowest BCUT2D eigenvalue weighted by atomic mass is 9.48. The van der Waals surface area contributed by atoms with Gasteiger partial charge in [-0.3, -0.25) is 4.79 Å². The van der Waals surface area contributed by atoms with Gasteiger partial charge >= 0.3 is 5.97 Å². The number of hydrogen-bond acceptors (Lipinski definition) is 5. The Labute approximate surface area is 117 Å². The fourth-order valence-electron chi connectivity index (χ4n) is 3.32. The van der Waals surface area contributed by atoms with E-state index in [0.29, 0.717) is 13.0 Å². The number of carbonyl (C=O) groups is 2. The van der Waals surface area contributed by atoms with Crippen LogP contribution in [0, 0.1) is 11.3 Å². The monoisotopic (exact) mass is 286 g/mol. The van der Waals surface area contributed by atoms with E-state index in [-0.39, 0.29) is 18.6 Å². The zero-order valence-corrected chi connectivity index (χ0v) is 12.0. The summed E-state index contributed by atoms with van der Waals surface area (Å²) in [5.74, 6) is -1.89. The van der Waals surface area contributed by atoms with Crippen molar-refractivity contribution >= 4 is 11.9 Å². The number of carboxylic acid groups (broad SMARTS) is 1. The minimum atomic E-state index is -2.01. The van der Waals surface area contributed by atoms with Crippen molar-refractivity contribution < 1.29 is 24.5 Å². The third kappa shape index (κ3) is 1.84. The maximum absolute atomic E-state index is 12.4. The molecule has 114 valence electrons. The highest BCUT2D eigenvalue weighted by Gasteiger charge is 2.71. The van der Waals surface area contributed by atoms with Crippen LogP contribution in [0.1, 0.15) is 27.2 Å². The van der Waals surface area contributed by atoms with Gasteiger partial charge < -0.3 is 26.0 Å². The molecule has 1 saturated carbocycles. The van der Waals surface area contributed by atoms with E-state index in [9.17, 15) is 14.7 Å². The summed E-state index contributed by atoms with van der Waals surface area (Å²) in [6.45, 7) is 5.07. The first kappa shape index (κ1) is 15.2. The molecule has 0 bridgehead atoms. The topological polar surface area (TPSA) is 122 Å². The van der Waals surface area contributed by atoms with E-state index >= 15 is 0 Å². The van der Waals surface area contributed by atoms with Gasteiger partial charge in [0.2, 0.25) is 5.91 Å². The number of ether oxygens (including phenoxy) is 1. The van der Waals surface area contributed by atoms with Gasteiger partial charge in [0.15, 0.2) is 5.60 Å². The summed E-state index contributed by atoms with van der Waals surface area (Å²) in [5, 5.41) is 20.9. The molecule has 0 spiro atoms. The van der Waals surface area contributed by atoms with E-state index < -0.39 is 28.4 Å². The number of nitrogens with one attached hydrogen (secondary N) is 1. The van der Waals surface area contributed by atoms with E-state index in [1.165, 1.54) is 0 Å². The number of fused-ring (bicyclic) bond motifs is 1. The molecule has 5 N–H and O–H groups in total. The van der Waals surface area contributed by atoms with Gasteiger partial charge in [-0.25, -0.2) is 4.79 Å². The molecule has 0 radical (unpaired) electrons. The lowest BCUT2D eigenvalue weighted by Crippen LogP contribution is -2.80. The highest BCUT2D eigenvalue weighted by Crippen LogP contribution is 2.58. The second kappa shape index (κ2) is 4.41. The van der Waals surface area contributed by atoms with Gasteiger partial charge in [-0.1, -0.05) is 13.8 Å². The van der Waals surface area contributed by atoms with Crippen molar-refractivity contribution in [3.05, 3.63) is 0 Å². The molecular weight excluding hydrogens is 264 g/mol. The Morgan fingerprint density at radius 1 is 1.50 bits per heavy atom. The summed E-state index contributed by atoms with van der Waals surface area (Å²) in [4.78, 5) is 23.2. The van der Waals surface area contributed by atoms with Gasteiger partial charge in [0.05, 0.1) is 12.6 Å². The van der Waals surface area contributed by atoms with E-state index in [2.05, 4.69) is 5.32 Å². The largest absolute Gasteiger partial charge is 0.479 e. The Bertz CT molecular complexity index is 448. The molecule has 20 heavy (non-hydrogen) atoms. The van der Waals surface area contributed by atoms with Crippen LogP contribution in [0.25, 0.3) is 0 Å². The molecule has 1 saturated heterocycles. The number of aliphatic hydroxyl groups is 1. The Kier molecular flexibility index (Phi) is 3.35. The third-order valence-electron chi connectivity index (χ3n) is 4.88. The van der Waals surface area contributed by atoms with E-state index in [0.717, 1.165) is 6.92 Å². The SMILES string of the molecule is CC(O)(CNC(=O)C1(N)C2CCOC2C1(C)C)C(=O)O. The molecule has 1 aliphatic heterocycles. The minimum absolute atomic E-state index is 0.0433. The van der Waals surface area contributed by atoms with Crippen LogP contribution in [0.3, 0.4) is 0 Å². The average molecular weight is 286 g/mol. The van der Waals surface area contributed by atoms with Crippen molar-refractivity contribution in [3.63, 3.8) is 0 Å². The molecule has 1 amide bonds. The van der Waals surface area contributed by atoms with Crippen LogP contribution in [0.15, 0.2) is 0 Å². The summed E-state index contributed by atoms with van der Waals surface area (Å²) in [6.07, 6.45) is 0.672. The van der Waals surface area contributed by atoms with Crippen LogP contribution in [0.2, 0.25) is 0 Å². The minimum Gasteiger partial charge on any atom is -0.479 e. The standard InChI is InChI=1S/C13H22N2O5/c1-11(2)8-7(4-5-20-8)13(11,14)9(16)15-6-12(3,19)10(17)18/h7-8,19H,4-6,14H2,1-3H3,(H,15,16)(H,17,18). The summed E-state index contributed by atoms with van der Waals surface area (Å²) >= 11 is 0. The molecule has 2 aliphatic rings. The maximum Gasteiger partial charge on any atom is 0.337 e. The molecule has 1 heterocycles.